The number of rotatable bonds is 0. The molecule has 0 aliphatic heterocycles. The Bertz CT molecular complexity index is 9.61. The van der Waals surface area contributed by atoms with Gasteiger partial charge in [-0.3, -0.25) is 0 Å². The van der Waals surface area contributed by atoms with Crippen LogP contribution in [0.5, 0.6) is 0 Å². The predicted octanol–water partition coefficient (Wildman–Crippen LogP) is -1.16. The summed E-state index contributed by atoms with van der Waals surface area (Å²) in [5.41, 5.74) is 0. The molecule has 0 aromatic rings. The molecular formula is H2O2PbZr2. The first kappa shape index (κ1) is 15.7. The van der Waals surface area contributed by atoms with Crippen LogP contribution in [0, 0.1) is 0 Å². The van der Waals surface area contributed by atoms with Crippen molar-refractivity contribution in [3.8, 4) is 0 Å². The SMILES string of the molecule is [O]=[Zr].[O]=[Zr].[PbH2]. The van der Waals surface area contributed by atoms with Gasteiger partial charge >= 0.3 is 82.4 Å². The van der Waals surface area contributed by atoms with E-state index < -0.39 is 0 Å². The van der Waals surface area contributed by atoms with Crippen LogP contribution in [0.4, 0.5) is 0 Å². The van der Waals surface area contributed by atoms with Crippen LogP contribution in [-0.4, -0.2) is 27.3 Å². The summed E-state index contributed by atoms with van der Waals surface area (Å²) in [5.74, 6) is 0. The van der Waals surface area contributed by atoms with Gasteiger partial charge in [-0.05, 0) is 0 Å². The Morgan fingerprint density at radius 3 is 0.800 bits per heavy atom. The molecule has 2 radical (unpaired) electrons. The van der Waals surface area contributed by atoms with E-state index in [0.717, 1.165) is 0 Å². The Labute approximate surface area is 80.8 Å². The van der Waals surface area contributed by atoms with E-state index in [0.29, 0.717) is 49.4 Å². The van der Waals surface area contributed by atoms with Crippen molar-refractivity contribution in [3.63, 3.8) is 0 Å². The molecule has 0 N–H and O–H groups in total. The molecule has 5 heteroatoms. The molecule has 0 rings (SSSR count). The molecule has 0 aliphatic carbocycles. The van der Waals surface area contributed by atoms with Gasteiger partial charge in [0.25, 0.3) is 0 Å². The fraction of sp³-hybridized carbons (Fsp3) is 0. The number of hydrogen-bond acceptors (Lipinski definition) is 2. The molecule has 0 saturated heterocycles. The normalized spacial score (nSPS) is 1.20. The minimum atomic E-state index is 0. The van der Waals surface area contributed by atoms with Crippen LogP contribution in [0.15, 0.2) is 0 Å². The molecule has 0 bridgehead atoms. The topological polar surface area (TPSA) is 34.1 Å². The van der Waals surface area contributed by atoms with E-state index in [2.05, 4.69) is 0 Å². The third-order valence-corrected chi connectivity index (χ3v) is 0. The molecule has 26 valence electrons. The van der Waals surface area contributed by atoms with Crippen LogP contribution in [-0.2, 0) is 55.1 Å². The van der Waals surface area contributed by atoms with E-state index in [1.165, 1.54) is 0 Å². The molecule has 0 aliphatic rings. The third kappa shape index (κ3) is 22.1. The summed E-state index contributed by atoms with van der Waals surface area (Å²) in [4.78, 5) is 0. The molecule has 0 aromatic heterocycles. The summed E-state index contributed by atoms with van der Waals surface area (Å²) in [6.45, 7) is 0. The van der Waals surface area contributed by atoms with Crippen LogP contribution in [0.3, 0.4) is 0 Å². The summed E-state index contributed by atoms with van der Waals surface area (Å²) >= 11 is 0.600. The zero-order chi connectivity index (χ0) is 4.00. The van der Waals surface area contributed by atoms with E-state index in [9.17, 15) is 0 Å². The zero-order valence-electron chi connectivity index (χ0n) is 2.52. The number of hydrogen-bond donors (Lipinski definition) is 0. The van der Waals surface area contributed by atoms with Gasteiger partial charge in [0.1, 0.15) is 0 Å². The predicted molar refractivity (Wildman–Crippen MR) is 9.92 cm³/mol. The van der Waals surface area contributed by atoms with Crippen molar-refractivity contribution < 1.29 is 55.1 Å². The van der Waals surface area contributed by atoms with Gasteiger partial charge in [-0.25, -0.2) is 0 Å². The minimum absolute atomic E-state index is 0. The molecule has 0 spiro atoms. The second-order valence-corrected chi connectivity index (χ2v) is 0. The monoisotopic (exact) mass is 422 g/mol. The van der Waals surface area contributed by atoms with Crippen molar-refractivity contribution in [1.29, 1.82) is 0 Å². The van der Waals surface area contributed by atoms with Crippen molar-refractivity contribution in [3.05, 3.63) is 0 Å². The Morgan fingerprint density at radius 1 is 0.800 bits per heavy atom. The fourth-order valence-electron chi connectivity index (χ4n) is 0. The van der Waals surface area contributed by atoms with E-state index in [1.807, 2.05) is 0 Å². The third-order valence-electron chi connectivity index (χ3n) is 0. The van der Waals surface area contributed by atoms with E-state index in [4.69, 9.17) is 5.63 Å². The van der Waals surface area contributed by atoms with Crippen molar-refractivity contribution in [2.24, 2.45) is 0 Å². The van der Waals surface area contributed by atoms with Gasteiger partial charge in [-0.15, -0.1) is 0 Å². The van der Waals surface area contributed by atoms with Crippen LogP contribution in [0.2, 0.25) is 0 Å². The quantitative estimate of drug-likeness (QED) is 0.461. The van der Waals surface area contributed by atoms with Gasteiger partial charge in [0.15, 0.2) is 0 Å². The first-order valence-electron chi connectivity index (χ1n) is 0.408. The first-order chi connectivity index (χ1) is 2.00. The maximum absolute atomic E-state index is 8.34. The van der Waals surface area contributed by atoms with Crippen molar-refractivity contribution in [2.45, 2.75) is 0 Å². The van der Waals surface area contributed by atoms with Gasteiger partial charge in [-0.2, -0.15) is 0 Å². The van der Waals surface area contributed by atoms with Crippen LogP contribution >= 0.6 is 0 Å². The maximum atomic E-state index is 8.34. The molecule has 0 atom stereocenters. The van der Waals surface area contributed by atoms with Crippen molar-refractivity contribution >= 4 is 27.3 Å². The molecule has 0 amide bonds. The molecular weight excluding hydrogens is 422 g/mol. The Balaban J connectivity index is -0.0000000133. The molecule has 5 heavy (non-hydrogen) atoms. The van der Waals surface area contributed by atoms with E-state index in [1.54, 1.807) is 0 Å². The Kier molecular flexibility index (Phi) is 105. The zero-order valence-corrected chi connectivity index (χ0v) is 12.9. The molecule has 2 nitrogen and oxygen atoms in total. The summed E-state index contributed by atoms with van der Waals surface area (Å²) in [6, 6.07) is 0. The van der Waals surface area contributed by atoms with Gasteiger partial charge < -0.3 is 0 Å². The average Bonchev–Trinajstić information content (AvgIpc) is 1.50. The molecule has 0 unspecified atom stereocenters. The summed E-state index contributed by atoms with van der Waals surface area (Å²) in [6.07, 6.45) is 0. The molecule has 0 aromatic carbocycles. The molecule has 0 fully saturated rings. The average molecular weight is 424 g/mol. The van der Waals surface area contributed by atoms with Gasteiger partial charge in [0.05, 0.1) is 0 Å². The van der Waals surface area contributed by atoms with Crippen molar-refractivity contribution in [1.82, 2.24) is 0 Å². The standard InChI is InChI=1S/2O.Pb.2Zr.2H. The first-order valence-corrected chi connectivity index (χ1v) is 2.42. The molecule has 0 heterocycles. The van der Waals surface area contributed by atoms with Crippen LogP contribution in [0.1, 0.15) is 0 Å². The summed E-state index contributed by atoms with van der Waals surface area (Å²) in [7, 11) is 0. The van der Waals surface area contributed by atoms with Gasteiger partial charge in [0.2, 0.25) is 0 Å². The van der Waals surface area contributed by atoms with Crippen molar-refractivity contribution in [2.75, 3.05) is 0 Å². The second-order valence-electron chi connectivity index (χ2n) is 0. The van der Waals surface area contributed by atoms with Gasteiger partial charge in [0, 0.05) is 0 Å². The molecule has 0 saturated carbocycles. The van der Waals surface area contributed by atoms with Crippen LogP contribution < -0.4 is 0 Å². The fourth-order valence-corrected chi connectivity index (χ4v) is 0. The second kappa shape index (κ2) is 33.6. The Morgan fingerprint density at radius 2 is 0.800 bits per heavy atom. The van der Waals surface area contributed by atoms with E-state index >= 15 is 0 Å². The Hall–Kier alpha value is 2.29. The van der Waals surface area contributed by atoms with E-state index in [-0.39, 0.29) is 27.3 Å². The summed E-state index contributed by atoms with van der Waals surface area (Å²) in [5, 5.41) is 0. The summed E-state index contributed by atoms with van der Waals surface area (Å²) < 4.78 is 16.7. The van der Waals surface area contributed by atoms with Crippen LogP contribution in [0.25, 0.3) is 0 Å². The van der Waals surface area contributed by atoms with Gasteiger partial charge in [-0.1, -0.05) is 0 Å².